The quantitative estimate of drug-likeness (QED) is 0.885. The summed E-state index contributed by atoms with van der Waals surface area (Å²) in [4.78, 5) is 0. The standard InChI is InChI=1S/C15H13FN2/c1-2-18-15-12(10-17)8-9-13(16)14(15)11-6-4-3-5-7-11/h3-9,18H,2H2,1H3. The molecule has 0 unspecified atom stereocenters. The van der Waals surface area contributed by atoms with Crippen LogP contribution >= 0.6 is 0 Å². The number of nitriles is 1. The van der Waals surface area contributed by atoms with Crippen LogP contribution in [0.3, 0.4) is 0 Å². The number of hydrogen-bond donors (Lipinski definition) is 1. The van der Waals surface area contributed by atoms with Crippen molar-refractivity contribution in [2.45, 2.75) is 6.92 Å². The first-order valence-electron chi connectivity index (χ1n) is 5.79. The molecule has 0 radical (unpaired) electrons. The number of anilines is 1. The third-order valence-electron chi connectivity index (χ3n) is 2.69. The Balaban J connectivity index is 2.68. The minimum absolute atomic E-state index is 0.323. The summed E-state index contributed by atoms with van der Waals surface area (Å²) in [5.41, 5.74) is 2.24. The van der Waals surface area contributed by atoms with E-state index in [1.54, 1.807) is 0 Å². The van der Waals surface area contributed by atoms with E-state index in [4.69, 9.17) is 5.26 Å². The second-order valence-electron chi connectivity index (χ2n) is 3.85. The van der Waals surface area contributed by atoms with Crippen molar-refractivity contribution in [2.75, 3.05) is 11.9 Å². The SMILES string of the molecule is CCNc1c(C#N)ccc(F)c1-c1ccccc1. The van der Waals surface area contributed by atoms with Crippen molar-refractivity contribution in [3.8, 4) is 17.2 Å². The normalized spacial score (nSPS) is 9.83. The number of hydrogen-bond acceptors (Lipinski definition) is 2. The van der Waals surface area contributed by atoms with E-state index in [1.807, 2.05) is 37.3 Å². The molecule has 0 atom stereocenters. The van der Waals surface area contributed by atoms with Gasteiger partial charge < -0.3 is 5.32 Å². The Labute approximate surface area is 106 Å². The summed E-state index contributed by atoms with van der Waals surface area (Å²) in [6.45, 7) is 2.55. The van der Waals surface area contributed by atoms with E-state index in [1.165, 1.54) is 12.1 Å². The van der Waals surface area contributed by atoms with E-state index < -0.39 is 0 Å². The molecule has 3 heteroatoms. The van der Waals surface area contributed by atoms with E-state index >= 15 is 0 Å². The van der Waals surface area contributed by atoms with Crippen molar-refractivity contribution in [3.63, 3.8) is 0 Å². The Morgan fingerprint density at radius 3 is 2.50 bits per heavy atom. The average Bonchev–Trinajstić information content (AvgIpc) is 2.40. The molecule has 0 amide bonds. The van der Waals surface area contributed by atoms with Gasteiger partial charge in [-0.25, -0.2) is 4.39 Å². The Morgan fingerprint density at radius 1 is 1.17 bits per heavy atom. The van der Waals surface area contributed by atoms with Gasteiger partial charge in [0.1, 0.15) is 11.9 Å². The fourth-order valence-corrected chi connectivity index (χ4v) is 1.92. The smallest absolute Gasteiger partial charge is 0.133 e. The Hall–Kier alpha value is -2.34. The van der Waals surface area contributed by atoms with Gasteiger partial charge in [-0.2, -0.15) is 5.26 Å². The van der Waals surface area contributed by atoms with Crippen molar-refractivity contribution in [2.24, 2.45) is 0 Å². The van der Waals surface area contributed by atoms with Gasteiger partial charge >= 0.3 is 0 Å². The monoisotopic (exact) mass is 240 g/mol. The molecule has 1 N–H and O–H groups in total. The lowest BCUT2D eigenvalue weighted by Crippen LogP contribution is -2.03. The molecule has 0 aliphatic carbocycles. The molecule has 0 heterocycles. The first-order valence-corrected chi connectivity index (χ1v) is 5.79. The summed E-state index contributed by atoms with van der Waals surface area (Å²) in [5, 5.41) is 12.2. The summed E-state index contributed by atoms with van der Waals surface area (Å²) in [5.74, 6) is -0.323. The minimum atomic E-state index is -0.323. The highest BCUT2D eigenvalue weighted by molar-refractivity contribution is 5.82. The molecule has 0 fully saturated rings. The highest BCUT2D eigenvalue weighted by atomic mass is 19.1. The van der Waals surface area contributed by atoms with Crippen molar-refractivity contribution in [3.05, 3.63) is 53.8 Å². The zero-order chi connectivity index (χ0) is 13.0. The fourth-order valence-electron chi connectivity index (χ4n) is 1.92. The lowest BCUT2D eigenvalue weighted by molar-refractivity contribution is 0.631. The molecule has 2 aromatic carbocycles. The maximum atomic E-state index is 14.0. The second-order valence-corrected chi connectivity index (χ2v) is 3.85. The lowest BCUT2D eigenvalue weighted by Gasteiger charge is -2.13. The molecular formula is C15H13FN2. The molecule has 0 aliphatic rings. The molecule has 0 spiro atoms. The van der Waals surface area contributed by atoms with Crippen molar-refractivity contribution in [1.29, 1.82) is 5.26 Å². The summed E-state index contributed by atoms with van der Waals surface area (Å²) in [7, 11) is 0. The number of halogens is 1. The Bertz CT molecular complexity index is 585. The van der Waals surface area contributed by atoms with Gasteiger partial charge in [-0.1, -0.05) is 30.3 Å². The first-order chi connectivity index (χ1) is 8.77. The molecule has 0 saturated heterocycles. The lowest BCUT2D eigenvalue weighted by atomic mass is 9.99. The summed E-state index contributed by atoms with van der Waals surface area (Å²) >= 11 is 0. The van der Waals surface area contributed by atoms with Gasteiger partial charge in [-0.05, 0) is 24.6 Å². The van der Waals surface area contributed by atoms with Crippen molar-refractivity contribution < 1.29 is 4.39 Å². The second kappa shape index (κ2) is 5.33. The summed E-state index contributed by atoms with van der Waals surface area (Å²) in [6, 6.07) is 14.2. The van der Waals surface area contributed by atoms with E-state index in [0.29, 0.717) is 23.4 Å². The van der Waals surface area contributed by atoms with Gasteiger partial charge in [0.25, 0.3) is 0 Å². The molecule has 2 aromatic rings. The van der Waals surface area contributed by atoms with Gasteiger partial charge in [0.2, 0.25) is 0 Å². The van der Waals surface area contributed by atoms with Gasteiger partial charge in [-0.3, -0.25) is 0 Å². The van der Waals surface area contributed by atoms with Crippen LogP contribution in [0.15, 0.2) is 42.5 Å². The van der Waals surface area contributed by atoms with E-state index in [0.717, 1.165) is 5.56 Å². The molecule has 90 valence electrons. The maximum absolute atomic E-state index is 14.0. The Morgan fingerprint density at radius 2 is 1.89 bits per heavy atom. The van der Waals surface area contributed by atoms with Crippen molar-refractivity contribution in [1.82, 2.24) is 0 Å². The molecule has 2 nitrogen and oxygen atoms in total. The molecule has 18 heavy (non-hydrogen) atoms. The van der Waals surface area contributed by atoms with E-state index in [9.17, 15) is 4.39 Å². The van der Waals surface area contributed by atoms with Crippen LogP contribution in [0.2, 0.25) is 0 Å². The molecule has 0 aliphatic heterocycles. The molecule has 2 rings (SSSR count). The van der Waals surface area contributed by atoms with Gasteiger partial charge in [0.05, 0.1) is 11.3 Å². The third-order valence-corrected chi connectivity index (χ3v) is 2.69. The number of nitrogens with zero attached hydrogens (tertiary/aromatic N) is 1. The van der Waals surface area contributed by atoms with Crippen LogP contribution in [0, 0.1) is 17.1 Å². The number of benzene rings is 2. The highest BCUT2D eigenvalue weighted by Crippen LogP contribution is 2.33. The Kier molecular flexibility index (Phi) is 3.59. The zero-order valence-corrected chi connectivity index (χ0v) is 10.1. The van der Waals surface area contributed by atoms with Crippen LogP contribution in [0.4, 0.5) is 10.1 Å². The summed E-state index contributed by atoms with van der Waals surface area (Å²) in [6.07, 6.45) is 0. The van der Waals surface area contributed by atoms with Crippen LogP contribution < -0.4 is 5.32 Å². The molecular weight excluding hydrogens is 227 g/mol. The van der Waals surface area contributed by atoms with Crippen LogP contribution in [0.5, 0.6) is 0 Å². The fraction of sp³-hybridized carbons (Fsp3) is 0.133. The number of rotatable bonds is 3. The topological polar surface area (TPSA) is 35.8 Å². The van der Waals surface area contributed by atoms with Crippen LogP contribution in [-0.4, -0.2) is 6.54 Å². The van der Waals surface area contributed by atoms with Gasteiger partial charge in [-0.15, -0.1) is 0 Å². The highest BCUT2D eigenvalue weighted by Gasteiger charge is 2.14. The summed E-state index contributed by atoms with van der Waals surface area (Å²) < 4.78 is 14.0. The number of nitrogens with one attached hydrogen (secondary N) is 1. The average molecular weight is 240 g/mol. The van der Waals surface area contributed by atoms with Crippen LogP contribution in [0.1, 0.15) is 12.5 Å². The molecule has 0 bridgehead atoms. The third kappa shape index (κ3) is 2.18. The zero-order valence-electron chi connectivity index (χ0n) is 10.1. The van der Waals surface area contributed by atoms with Gasteiger partial charge in [0, 0.05) is 12.1 Å². The van der Waals surface area contributed by atoms with Gasteiger partial charge in [0.15, 0.2) is 0 Å². The first kappa shape index (κ1) is 12.1. The van der Waals surface area contributed by atoms with Crippen LogP contribution in [-0.2, 0) is 0 Å². The predicted molar refractivity (Wildman–Crippen MR) is 70.7 cm³/mol. The van der Waals surface area contributed by atoms with Crippen LogP contribution in [0.25, 0.3) is 11.1 Å². The van der Waals surface area contributed by atoms with E-state index in [2.05, 4.69) is 11.4 Å². The largest absolute Gasteiger partial charge is 0.384 e. The maximum Gasteiger partial charge on any atom is 0.133 e. The molecule has 0 saturated carbocycles. The predicted octanol–water partition coefficient (Wildman–Crippen LogP) is 3.80. The molecule has 0 aromatic heterocycles. The minimum Gasteiger partial charge on any atom is -0.384 e. The van der Waals surface area contributed by atoms with Crippen molar-refractivity contribution >= 4 is 5.69 Å². The van der Waals surface area contributed by atoms with E-state index in [-0.39, 0.29) is 5.82 Å².